The molecule has 14 heteroatoms. The molecule has 166 valence electrons. The molecule has 2 fully saturated rings. The first-order valence-electron chi connectivity index (χ1n) is 9.85. The molecule has 9 nitrogen and oxygen atoms in total. The molecule has 0 aliphatic carbocycles. The van der Waals surface area contributed by atoms with Crippen LogP contribution in [0.5, 0.6) is 0 Å². The van der Waals surface area contributed by atoms with Gasteiger partial charge >= 0.3 is 26.6 Å². The minimum Gasteiger partial charge on any atom is -0.420 e. The highest BCUT2D eigenvalue weighted by Crippen LogP contribution is 2.27. The first-order valence-corrected chi connectivity index (χ1v) is 20.3. The first kappa shape index (κ1) is 25.0. The van der Waals surface area contributed by atoms with Crippen molar-refractivity contribution in [1.29, 1.82) is 0 Å². The minimum absolute atomic E-state index is 0.300. The summed E-state index contributed by atoms with van der Waals surface area (Å²) in [6, 6.07) is 2.27. The smallest absolute Gasteiger partial charge is 0.420 e. The average Bonchev–Trinajstić information content (AvgIpc) is 3.46. The van der Waals surface area contributed by atoms with Crippen LogP contribution in [0.4, 0.5) is 0 Å². The quantitative estimate of drug-likeness (QED) is 0.224. The van der Waals surface area contributed by atoms with Gasteiger partial charge in [0.2, 0.25) is 0 Å². The van der Waals surface area contributed by atoms with Crippen LogP contribution < -0.4 is 0 Å². The molecule has 0 N–H and O–H groups in total. The second-order valence-electron chi connectivity index (χ2n) is 7.17. The molecule has 0 aromatic carbocycles. The number of rotatable bonds is 12. The van der Waals surface area contributed by atoms with Crippen molar-refractivity contribution >= 4 is 45.2 Å². The summed E-state index contributed by atoms with van der Waals surface area (Å²) in [7, 11) is -5.66. The fourth-order valence-corrected chi connectivity index (χ4v) is 21.7. The lowest BCUT2D eigenvalue weighted by Gasteiger charge is -2.39. The Morgan fingerprint density at radius 2 is 1.71 bits per heavy atom. The molecule has 2 heterocycles. The predicted octanol–water partition coefficient (Wildman–Crippen LogP) is 0.743. The molecule has 0 spiro atoms. The van der Waals surface area contributed by atoms with Gasteiger partial charge in [0, 0.05) is 34.0 Å². The lowest BCUT2D eigenvalue weighted by Crippen LogP contribution is -2.55. The molecule has 28 heavy (non-hydrogen) atoms. The van der Waals surface area contributed by atoms with Gasteiger partial charge in [-0.1, -0.05) is 0 Å². The summed E-state index contributed by atoms with van der Waals surface area (Å²) in [6.45, 7) is 8.40. The highest BCUT2D eigenvalue weighted by atomic mass is 28.5. The van der Waals surface area contributed by atoms with Gasteiger partial charge in [0.25, 0.3) is 18.6 Å². The topological polar surface area (TPSA) is 86.4 Å². The van der Waals surface area contributed by atoms with E-state index in [-0.39, 0.29) is 0 Å². The summed E-state index contributed by atoms with van der Waals surface area (Å²) in [6.07, 6.45) is 1.21. The summed E-state index contributed by atoms with van der Waals surface area (Å²) in [4.78, 5) is 0. The molecule has 0 radical (unpaired) electrons. The zero-order valence-corrected chi connectivity index (χ0v) is 23.4. The monoisotopic (exact) mass is 488 g/mol. The van der Waals surface area contributed by atoms with Crippen LogP contribution in [0.2, 0.25) is 37.8 Å². The highest BCUT2D eigenvalue weighted by molar-refractivity contribution is 6.82. The Morgan fingerprint density at radius 1 is 1.04 bits per heavy atom. The van der Waals surface area contributed by atoms with E-state index in [2.05, 4.69) is 13.1 Å². The summed E-state index contributed by atoms with van der Waals surface area (Å²) in [5, 5.41) is 0. The Kier molecular flexibility index (Phi) is 10.7. The second-order valence-corrected chi connectivity index (χ2v) is 20.8. The van der Waals surface area contributed by atoms with Gasteiger partial charge in [-0.25, -0.2) is 0 Å². The van der Waals surface area contributed by atoms with Crippen LogP contribution in [-0.4, -0.2) is 92.5 Å². The van der Waals surface area contributed by atoms with Crippen LogP contribution in [0.1, 0.15) is 6.42 Å². The van der Waals surface area contributed by atoms with Gasteiger partial charge in [0.1, 0.15) is 6.10 Å². The van der Waals surface area contributed by atoms with E-state index >= 15 is 0 Å². The fourth-order valence-electron chi connectivity index (χ4n) is 3.14. The van der Waals surface area contributed by atoms with E-state index in [1.807, 2.05) is 6.55 Å². The molecule has 5 atom stereocenters. The van der Waals surface area contributed by atoms with Crippen molar-refractivity contribution in [3.63, 3.8) is 0 Å². The van der Waals surface area contributed by atoms with Gasteiger partial charge in [0.05, 0.1) is 13.2 Å². The Bertz CT molecular complexity index is 449. The van der Waals surface area contributed by atoms with E-state index in [0.717, 1.165) is 25.1 Å². The van der Waals surface area contributed by atoms with Crippen molar-refractivity contribution in [2.75, 3.05) is 41.2 Å². The lowest BCUT2D eigenvalue weighted by molar-refractivity contribution is 0.116. The van der Waals surface area contributed by atoms with Crippen LogP contribution in [-0.2, 0) is 39.2 Å². The van der Waals surface area contributed by atoms with E-state index in [1.165, 1.54) is 0 Å². The number of hydrogen-bond acceptors (Lipinski definition) is 9. The lowest BCUT2D eigenvalue weighted by atomic mass is 10.5. The van der Waals surface area contributed by atoms with Crippen molar-refractivity contribution in [1.82, 2.24) is 0 Å². The van der Waals surface area contributed by atoms with Crippen LogP contribution in [0, 0.1) is 0 Å². The number of epoxide rings is 1. The molecule has 2 aliphatic heterocycles. The fraction of sp³-hybridized carbons (Fsp3) is 1.00. The van der Waals surface area contributed by atoms with Crippen LogP contribution in [0.25, 0.3) is 0 Å². The molecule has 2 saturated heterocycles. The van der Waals surface area contributed by atoms with Crippen LogP contribution >= 0.6 is 0 Å². The van der Waals surface area contributed by atoms with Crippen molar-refractivity contribution < 1.29 is 39.2 Å². The first-order chi connectivity index (χ1) is 13.3. The largest absolute Gasteiger partial charge is 0.500 e. The van der Waals surface area contributed by atoms with Crippen molar-refractivity contribution in [3.05, 3.63) is 0 Å². The van der Waals surface area contributed by atoms with Crippen LogP contribution in [0.15, 0.2) is 0 Å². The van der Waals surface area contributed by atoms with Gasteiger partial charge in [-0.05, 0) is 38.2 Å². The summed E-state index contributed by atoms with van der Waals surface area (Å²) in [5.41, 5.74) is 0. The predicted molar refractivity (Wildman–Crippen MR) is 116 cm³/mol. The van der Waals surface area contributed by atoms with Crippen molar-refractivity contribution in [3.8, 4) is 0 Å². The molecule has 2 rings (SSSR count). The Morgan fingerprint density at radius 3 is 2.32 bits per heavy atom. The molecular formula is C14H36O9Si5. The minimum atomic E-state index is -2.68. The Balaban J connectivity index is 1.90. The summed E-state index contributed by atoms with van der Waals surface area (Å²) < 4.78 is 52.8. The normalized spacial score (nSPS) is 34.1. The molecule has 5 unspecified atom stereocenters. The molecule has 0 bridgehead atoms. The third kappa shape index (κ3) is 8.46. The Labute approximate surface area is 176 Å². The van der Waals surface area contributed by atoms with Crippen molar-refractivity contribution in [2.45, 2.75) is 50.3 Å². The van der Waals surface area contributed by atoms with Gasteiger partial charge in [-0.15, -0.1) is 0 Å². The van der Waals surface area contributed by atoms with E-state index in [1.54, 1.807) is 21.3 Å². The second kappa shape index (κ2) is 11.9. The average molecular weight is 489 g/mol. The van der Waals surface area contributed by atoms with E-state index in [4.69, 9.17) is 39.2 Å². The molecule has 0 amide bonds. The molecular weight excluding hydrogens is 453 g/mol. The molecule has 2 aliphatic rings. The van der Waals surface area contributed by atoms with E-state index in [9.17, 15) is 0 Å². The van der Waals surface area contributed by atoms with E-state index < -0.39 is 45.2 Å². The highest BCUT2D eigenvalue weighted by Gasteiger charge is 2.46. The zero-order chi connectivity index (χ0) is 20.6. The SMILES string of the molecule is CO[Si](CC[Si]1(C)O[SiH](C)O[SiH](C)O[SiH](CCCOCC2CO2)O1)(OC)OC. The molecule has 0 aromatic rings. The number of hydrogen-bond donors (Lipinski definition) is 0. The molecule has 0 aromatic heterocycles. The number of ether oxygens (including phenoxy) is 2. The maximum absolute atomic E-state index is 6.59. The van der Waals surface area contributed by atoms with Gasteiger partial charge in [-0.3, -0.25) is 0 Å². The Hall–Kier alpha value is 0.724. The van der Waals surface area contributed by atoms with Crippen molar-refractivity contribution in [2.24, 2.45) is 0 Å². The van der Waals surface area contributed by atoms with E-state index in [0.29, 0.717) is 25.4 Å². The maximum atomic E-state index is 6.59. The van der Waals surface area contributed by atoms with Gasteiger partial charge in [0.15, 0.2) is 0 Å². The third-order valence-electron chi connectivity index (χ3n) is 4.78. The van der Waals surface area contributed by atoms with Gasteiger partial charge < -0.3 is 39.2 Å². The summed E-state index contributed by atoms with van der Waals surface area (Å²) >= 11 is 0. The standard InChI is InChI=1S/C14H36O9Si5/c1-15-28(16-2,17-3)11-10-27(6)22-25(5)20-24(4)21-26(23-27)9-7-8-18-12-14-13-19-14/h14,24-26H,7-13H2,1-6H3. The zero-order valence-electron chi connectivity index (χ0n) is 17.9. The summed E-state index contributed by atoms with van der Waals surface area (Å²) in [5.74, 6) is 0. The maximum Gasteiger partial charge on any atom is 0.500 e. The third-order valence-corrected chi connectivity index (χ3v) is 22.2. The molecule has 0 saturated carbocycles. The van der Waals surface area contributed by atoms with Crippen LogP contribution in [0.3, 0.4) is 0 Å². The van der Waals surface area contributed by atoms with Gasteiger partial charge in [-0.2, -0.15) is 0 Å².